The van der Waals surface area contributed by atoms with Gasteiger partial charge in [-0.2, -0.15) is 18.4 Å². The van der Waals surface area contributed by atoms with Crippen LogP contribution in [0.2, 0.25) is 0 Å². The molecule has 0 spiro atoms. The van der Waals surface area contributed by atoms with Crippen LogP contribution in [0.3, 0.4) is 0 Å². The SMILES string of the molecule is CCc1ccc(Nc2cc(Oc3ccc4ccccc4c3)nc(Oc3ccc4ccccc4c3)n2)cc1S(=O)(=O)O. The van der Waals surface area contributed by atoms with Crippen LogP contribution < -0.4 is 14.8 Å². The highest BCUT2D eigenvalue weighted by atomic mass is 32.2. The number of anilines is 2. The molecule has 0 aliphatic rings. The van der Waals surface area contributed by atoms with Crippen molar-refractivity contribution in [3.05, 3.63) is 115 Å². The molecule has 41 heavy (non-hydrogen) atoms. The van der Waals surface area contributed by atoms with Crippen LogP contribution in [0.5, 0.6) is 23.4 Å². The second-order valence-corrected chi connectivity index (χ2v) is 10.8. The van der Waals surface area contributed by atoms with Crippen LogP contribution in [-0.2, 0) is 16.5 Å². The molecule has 0 unspecified atom stereocenters. The Hall–Kier alpha value is -4.99. The van der Waals surface area contributed by atoms with E-state index >= 15 is 0 Å². The Balaban J connectivity index is 1.37. The van der Waals surface area contributed by atoms with Crippen molar-refractivity contribution < 1.29 is 22.4 Å². The van der Waals surface area contributed by atoms with E-state index in [2.05, 4.69) is 15.3 Å². The number of ether oxygens (including phenoxy) is 2. The van der Waals surface area contributed by atoms with Gasteiger partial charge in [0.25, 0.3) is 10.1 Å². The van der Waals surface area contributed by atoms with Gasteiger partial charge in [0.05, 0.1) is 4.90 Å². The predicted octanol–water partition coefficient (Wildman–Crippen LogP) is 7.92. The lowest BCUT2D eigenvalue weighted by molar-refractivity contribution is 0.413. The molecule has 0 saturated carbocycles. The predicted molar refractivity (Wildman–Crippen MR) is 159 cm³/mol. The minimum Gasteiger partial charge on any atom is -0.439 e. The van der Waals surface area contributed by atoms with E-state index in [1.54, 1.807) is 18.2 Å². The third kappa shape index (κ3) is 5.96. The third-order valence-electron chi connectivity index (χ3n) is 6.55. The van der Waals surface area contributed by atoms with E-state index < -0.39 is 10.1 Å². The number of aromatic nitrogens is 2. The molecule has 0 fully saturated rings. The van der Waals surface area contributed by atoms with Gasteiger partial charge in [0, 0.05) is 11.8 Å². The highest BCUT2D eigenvalue weighted by Crippen LogP contribution is 2.31. The fourth-order valence-corrected chi connectivity index (χ4v) is 5.39. The monoisotopic (exact) mass is 563 g/mol. The molecule has 0 radical (unpaired) electrons. The van der Waals surface area contributed by atoms with E-state index in [4.69, 9.17) is 9.47 Å². The van der Waals surface area contributed by atoms with Crippen LogP contribution in [0, 0.1) is 0 Å². The van der Waals surface area contributed by atoms with Crippen molar-refractivity contribution in [2.75, 3.05) is 5.32 Å². The van der Waals surface area contributed by atoms with Crippen molar-refractivity contribution in [1.29, 1.82) is 0 Å². The van der Waals surface area contributed by atoms with Crippen molar-refractivity contribution in [3.63, 3.8) is 0 Å². The molecular weight excluding hydrogens is 538 g/mol. The largest absolute Gasteiger partial charge is 0.439 e. The average Bonchev–Trinajstić information content (AvgIpc) is 2.96. The van der Waals surface area contributed by atoms with Crippen molar-refractivity contribution in [1.82, 2.24) is 9.97 Å². The minimum atomic E-state index is -4.42. The maximum Gasteiger partial charge on any atom is 0.327 e. The first kappa shape index (κ1) is 26.2. The molecule has 5 aromatic carbocycles. The maximum atomic E-state index is 12.0. The second-order valence-electron chi connectivity index (χ2n) is 9.37. The van der Waals surface area contributed by atoms with Gasteiger partial charge in [-0.3, -0.25) is 4.55 Å². The number of aryl methyl sites for hydroxylation is 1. The first-order valence-electron chi connectivity index (χ1n) is 12.9. The first-order valence-corrected chi connectivity index (χ1v) is 14.4. The highest BCUT2D eigenvalue weighted by molar-refractivity contribution is 7.85. The summed E-state index contributed by atoms with van der Waals surface area (Å²) in [6, 6.07) is 33.6. The van der Waals surface area contributed by atoms with Crippen LogP contribution in [-0.4, -0.2) is 22.9 Å². The van der Waals surface area contributed by atoms with Crippen LogP contribution in [0.25, 0.3) is 21.5 Å². The van der Waals surface area contributed by atoms with Gasteiger partial charge >= 0.3 is 6.01 Å². The van der Waals surface area contributed by atoms with Crippen LogP contribution >= 0.6 is 0 Å². The minimum absolute atomic E-state index is 0.0289. The molecule has 6 rings (SSSR count). The molecule has 0 aliphatic carbocycles. The Kier molecular flexibility index (Phi) is 6.96. The summed E-state index contributed by atoms with van der Waals surface area (Å²) in [5.41, 5.74) is 0.906. The fraction of sp³-hybridized carbons (Fsp3) is 0.0625. The highest BCUT2D eigenvalue weighted by Gasteiger charge is 2.16. The molecule has 6 aromatic rings. The molecular formula is C32H25N3O5S. The topological polar surface area (TPSA) is 111 Å². The zero-order valence-electron chi connectivity index (χ0n) is 22.0. The molecule has 0 aliphatic heterocycles. The molecule has 2 N–H and O–H groups in total. The van der Waals surface area contributed by atoms with Crippen molar-refractivity contribution in [3.8, 4) is 23.4 Å². The third-order valence-corrected chi connectivity index (χ3v) is 7.49. The van der Waals surface area contributed by atoms with Crippen LogP contribution in [0.4, 0.5) is 11.5 Å². The molecule has 1 aromatic heterocycles. The van der Waals surface area contributed by atoms with Gasteiger partial charge in [0.15, 0.2) is 0 Å². The zero-order valence-corrected chi connectivity index (χ0v) is 22.8. The van der Waals surface area contributed by atoms with Crippen LogP contribution in [0.1, 0.15) is 12.5 Å². The first-order chi connectivity index (χ1) is 19.8. The van der Waals surface area contributed by atoms with Crippen molar-refractivity contribution in [2.45, 2.75) is 18.2 Å². The van der Waals surface area contributed by atoms with Gasteiger partial charge in [-0.1, -0.05) is 73.7 Å². The number of nitrogens with one attached hydrogen (secondary N) is 1. The average molecular weight is 564 g/mol. The van der Waals surface area contributed by atoms with Gasteiger partial charge in [0.1, 0.15) is 17.3 Å². The Morgan fingerprint density at radius 3 is 1.93 bits per heavy atom. The molecule has 204 valence electrons. The summed E-state index contributed by atoms with van der Waals surface area (Å²) in [6.45, 7) is 1.81. The van der Waals surface area contributed by atoms with E-state index in [-0.39, 0.29) is 16.8 Å². The van der Waals surface area contributed by atoms with E-state index in [1.807, 2.05) is 91.9 Å². The summed E-state index contributed by atoms with van der Waals surface area (Å²) in [4.78, 5) is 8.80. The van der Waals surface area contributed by atoms with E-state index in [9.17, 15) is 13.0 Å². The smallest absolute Gasteiger partial charge is 0.327 e. The lowest BCUT2D eigenvalue weighted by Crippen LogP contribution is -2.05. The summed E-state index contributed by atoms with van der Waals surface area (Å²) < 4.78 is 45.9. The fourth-order valence-electron chi connectivity index (χ4n) is 4.57. The number of fused-ring (bicyclic) bond motifs is 2. The number of nitrogens with zero attached hydrogens (tertiary/aromatic N) is 2. The molecule has 0 bridgehead atoms. The Morgan fingerprint density at radius 2 is 1.32 bits per heavy atom. The number of hydrogen-bond donors (Lipinski definition) is 2. The lowest BCUT2D eigenvalue weighted by Gasteiger charge is -2.13. The second kappa shape index (κ2) is 10.9. The Morgan fingerprint density at radius 1 is 0.707 bits per heavy atom. The quantitative estimate of drug-likeness (QED) is 0.180. The summed E-state index contributed by atoms with van der Waals surface area (Å²) >= 11 is 0. The summed E-state index contributed by atoms with van der Waals surface area (Å²) in [6.07, 6.45) is 0.441. The normalized spacial score (nSPS) is 11.5. The van der Waals surface area contributed by atoms with Crippen molar-refractivity contribution in [2.24, 2.45) is 0 Å². The van der Waals surface area contributed by atoms with Gasteiger partial charge in [-0.05, 0) is 69.9 Å². The molecule has 1 heterocycles. The summed E-state index contributed by atoms with van der Waals surface area (Å²) in [5, 5.41) is 7.26. The van der Waals surface area contributed by atoms with E-state index in [0.29, 0.717) is 35.0 Å². The Bertz CT molecular complexity index is 1910. The maximum absolute atomic E-state index is 12.0. The molecule has 0 saturated heterocycles. The standard InChI is InChI=1S/C32H25N3O5S/c1-2-21-11-14-26(19-29(21)41(36,37)38)33-30-20-31(39-27-15-12-22-7-3-5-9-24(22)17-27)35-32(34-30)40-28-16-13-23-8-4-6-10-25(23)18-28/h3-20H,2H2,1H3,(H,33,34,35)(H,36,37,38). The molecule has 0 atom stereocenters. The van der Waals surface area contributed by atoms with Gasteiger partial charge in [-0.25, -0.2) is 0 Å². The molecule has 8 nitrogen and oxygen atoms in total. The van der Waals surface area contributed by atoms with E-state index in [0.717, 1.165) is 21.5 Å². The van der Waals surface area contributed by atoms with Gasteiger partial charge < -0.3 is 14.8 Å². The molecule has 9 heteroatoms. The van der Waals surface area contributed by atoms with Gasteiger partial charge in [-0.15, -0.1) is 0 Å². The van der Waals surface area contributed by atoms with Crippen molar-refractivity contribution >= 4 is 43.2 Å². The number of benzene rings is 5. The Labute approximate surface area is 237 Å². The van der Waals surface area contributed by atoms with E-state index in [1.165, 1.54) is 6.07 Å². The number of hydrogen-bond acceptors (Lipinski definition) is 7. The summed E-state index contributed by atoms with van der Waals surface area (Å²) in [7, 11) is -4.42. The number of rotatable bonds is 8. The summed E-state index contributed by atoms with van der Waals surface area (Å²) in [5.74, 6) is 1.63. The molecule has 0 amide bonds. The van der Waals surface area contributed by atoms with Crippen LogP contribution in [0.15, 0.2) is 114 Å². The zero-order chi connectivity index (χ0) is 28.4. The lowest BCUT2D eigenvalue weighted by atomic mass is 10.1. The van der Waals surface area contributed by atoms with Gasteiger partial charge in [0.2, 0.25) is 5.88 Å².